The number of carbonyl (C=O) groups is 1. The summed E-state index contributed by atoms with van der Waals surface area (Å²) in [6, 6.07) is 0.684. The SMILES string of the molecule is CC(CC1CCCCCN1)NC(C)C(N)=O. The van der Waals surface area contributed by atoms with Crippen molar-refractivity contribution >= 4 is 5.91 Å². The lowest BCUT2D eigenvalue weighted by Gasteiger charge is -2.23. The average molecular weight is 227 g/mol. The van der Waals surface area contributed by atoms with Crippen LogP contribution in [0, 0.1) is 0 Å². The van der Waals surface area contributed by atoms with E-state index in [0.29, 0.717) is 12.1 Å². The van der Waals surface area contributed by atoms with Gasteiger partial charge in [-0.15, -0.1) is 0 Å². The summed E-state index contributed by atoms with van der Waals surface area (Å²) in [6.07, 6.45) is 6.25. The molecule has 3 atom stereocenters. The number of nitrogens with two attached hydrogens (primary N) is 1. The van der Waals surface area contributed by atoms with Crippen molar-refractivity contribution in [2.24, 2.45) is 5.73 Å². The molecule has 1 rings (SSSR count). The molecule has 94 valence electrons. The number of hydrogen-bond acceptors (Lipinski definition) is 3. The average Bonchev–Trinajstić information content (AvgIpc) is 2.45. The molecule has 4 N–H and O–H groups in total. The van der Waals surface area contributed by atoms with E-state index < -0.39 is 0 Å². The number of hydrogen-bond donors (Lipinski definition) is 3. The van der Waals surface area contributed by atoms with Crippen molar-refractivity contribution < 1.29 is 4.79 Å². The van der Waals surface area contributed by atoms with Gasteiger partial charge in [-0.05, 0) is 39.7 Å². The summed E-state index contributed by atoms with van der Waals surface area (Å²) in [5.74, 6) is -0.277. The van der Waals surface area contributed by atoms with Gasteiger partial charge in [0.15, 0.2) is 0 Å². The number of amides is 1. The summed E-state index contributed by atoms with van der Waals surface area (Å²) < 4.78 is 0. The van der Waals surface area contributed by atoms with Gasteiger partial charge < -0.3 is 16.4 Å². The van der Waals surface area contributed by atoms with E-state index in [1.165, 1.54) is 25.7 Å². The van der Waals surface area contributed by atoms with E-state index in [9.17, 15) is 4.79 Å². The number of rotatable bonds is 5. The molecule has 1 fully saturated rings. The monoisotopic (exact) mass is 227 g/mol. The Kier molecular flexibility index (Phi) is 5.77. The standard InChI is InChI=1S/C12H25N3O/c1-9(15-10(2)12(13)16)8-11-6-4-3-5-7-14-11/h9-11,14-15H,3-8H2,1-2H3,(H2,13,16). The highest BCUT2D eigenvalue weighted by Gasteiger charge is 2.17. The summed E-state index contributed by atoms with van der Waals surface area (Å²) in [5, 5.41) is 6.79. The molecular formula is C12H25N3O. The lowest BCUT2D eigenvalue weighted by atomic mass is 10.0. The fourth-order valence-electron chi connectivity index (χ4n) is 2.31. The largest absolute Gasteiger partial charge is 0.368 e. The quantitative estimate of drug-likeness (QED) is 0.649. The van der Waals surface area contributed by atoms with Gasteiger partial charge in [0.05, 0.1) is 6.04 Å². The van der Waals surface area contributed by atoms with Crippen LogP contribution in [0.2, 0.25) is 0 Å². The molecule has 4 nitrogen and oxygen atoms in total. The minimum absolute atomic E-state index is 0.235. The lowest BCUT2D eigenvalue weighted by Crippen LogP contribution is -2.45. The molecule has 1 aliphatic heterocycles. The van der Waals surface area contributed by atoms with E-state index in [1.807, 2.05) is 6.92 Å². The summed E-state index contributed by atoms with van der Waals surface area (Å²) >= 11 is 0. The van der Waals surface area contributed by atoms with E-state index in [2.05, 4.69) is 17.6 Å². The highest BCUT2D eigenvalue weighted by Crippen LogP contribution is 2.12. The Balaban J connectivity index is 2.26. The first kappa shape index (κ1) is 13.5. The molecule has 3 unspecified atom stereocenters. The Bertz CT molecular complexity index is 212. The summed E-state index contributed by atoms with van der Waals surface area (Å²) in [4.78, 5) is 10.9. The molecule has 0 saturated carbocycles. The van der Waals surface area contributed by atoms with E-state index in [4.69, 9.17) is 5.73 Å². The fraction of sp³-hybridized carbons (Fsp3) is 0.917. The van der Waals surface area contributed by atoms with E-state index in [1.54, 1.807) is 0 Å². The molecule has 1 heterocycles. The van der Waals surface area contributed by atoms with Crippen molar-refractivity contribution in [2.75, 3.05) is 6.54 Å². The van der Waals surface area contributed by atoms with Crippen molar-refractivity contribution in [3.63, 3.8) is 0 Å². The fourth-order valence-corrected chi connectivity index (χ4v) is 2.31. The van der Waals surface area contributed by atoms with Crippen molar-refractivity contribution in [1.29, 1.82) is 0 Å². The van der Waals surface area contributed by atoms with Gasteiger partial charge in [0.2, 0.25) is 5.91 Å². The number of primary amides is 1. The van der Waals surface area contributed by atoms with Gasteiger partial charge in [-0.25, -0.2) is 0 Å². The molecule has 0 radical (unpaired) electrons. The van der Waals surface area contributed by atoms with E-state index in [-0.39, 0.29) is 11.9 Å². The Hall–Kier alpha value is -0.610. The Morgan fingerprint density at radius 2 is 2.19 bits per heavy atom. The maximum atomic E-state index is 10.9. The highest BCUT2D eigenvalue weighted by molar-refractivity contribution is 5.79. The summed E-state index contributed by atoms with van der Waals surface area (Å²) in [5.41, 5.74) is 5.23. The van der Waals surface area contributed by atoms with Crippen LogP contribution in [0.15, 0.2) is 0 Å². The van der Waals surface area contributed by atoms with Crippen LogP contribution in [0.1, 0.15) is 46.0 Å². The normalized spacial score (nSPS) is 25.8. The summed E-state index contributed by atoms with van der Waals surface area (Å²) in [7, 11) is 0. The Morgan fingerprint density at radius 1 is 1.44 bits per heavy atom. The van der Waals surface area contributed by atoms with Crippen molar-refractivity contribution in [1.82, 2.24) is 10.6 Å². The van der Waals surface area contributed by atoms with Crippen molar-refractivity contribution in [2.45, 2.75) is 64.1 Å². The van der Waals surface area contributed by atoms with Crippen LogP contribution >= 0.6 is 0 Å². The molecule has 0 aromatic heterocycles. The molecule has 1 amide bonds. The molecule has 1 saturated heterocycles. The van der Waals surface area contributed by atoms with Gasteiger partial charge in [-0.1, -0.05) is 12.8 Å². The van der Waals surface area contributed by atoms with Crippen molar-refractivity contribution in [3.05, 3.63) is 0 Å². The Labute approximate surface area is 98.3 Å². The molecule has 0 aromatic carbocycles. The smallest absolute Gasteiger partial charge is 0.234 e. The van der Waals surface area contributed by atoms with Gasteiger partial charge in [0.25, 0.3) is 0 Å². The van der Waals surface area contributed by atoms with Crippen LogP contribution in [0.3, 0.4) is 0 Å². The molecule has 0 aromatic rings. The van der Waals surface area contributed by atoms with Gasteiger partial charge in [-0.3, -0.25) is 4.79 Å². The third-order valence-corrected chi connectivity index (χ3v) is 3.26. The molecule has 0 bridgehead atoms. The predicted molar refractivity (Wildman–Crippen MR) is 66.1 cm³/mol. The van der Waals surface area contributed by atoms with Gasteiger partial charge in [-0.2, -0.15) is 0 Å². The second-order valence-electron chi connectivity index (χ2n) is 4.93. The van der Waals surface area contributed by atoms with E-state index >= 15 is 0 Å². The van der Waals surface area contributed by atoms with Gasteiger partial charge >= 0.3 is 0 Å². The zero-order chi connectivity index (χ0) is 12.0. The maximum absolute atomic E-state index is 10.9. The molecule has 16 heavy (non-hydrogen) atoms. The zero-order valence-electron chi connectivity index (χ0n) is 10.5. The van der Waals surface area contributed by atoms with Crippen LogP contribution < -0.4 is 16.4 Å². The van der Waals surface area contributed by atoms with Crippen LogP contribution in [0.4, 0.5) is 0 Å². The van der Waals surface area contributed by atoms with Crippen molar-refractivity contribution in [3.8, 4) is 0 Å². The maximum Gasteiger partial charge on any atom is 0.234 e. The van der Waals surface area contributed by atoms with Gasteiger partial charge in [0.1, 0.15) is 0 Å². The number of nitrogens with one attached hydrogen (secondary N) is 2. The van der Waals surface area contributed by atoms with Crippen LogP contribution in [0.25, 0.3) is 0 Å². The second-order valence-corrected chi connectivity index (χ2v) is 4.93. The first-order valence-electron chi connectivity index (χ1n) is 6.38. The minimum atomic E-state index is -0.277. The first-order chi connectivity index (χ1) is 7.59. The predicted octanol–water partition coefficient (Wildman–Crippen LogP) is 0.761. The third-order valence-electron chi connectivity index (χ3n) is 3.26. The van der Waals surface area contributed by atoms with Gasteiger partial charge in [0, 0.05) is 12.1 Å². The first-order valence-corrected chi connectivity index (χ1v) is 6.38. The molecular weight excluding hydrogens is 202 g/mol. The number of carbonyl (C=O) groups excluding carboxylic acids is 1. The van der Waals surface area contributed by atoms with Crippen LogP contribution in [0.5, 0.6) is 0 Å². The molecule has 1 aliphatic rings. The summed E-state index contributed by atoms with van der Waals surface area (Å²) in [6.45, 7) is 5.06. The second kappa shape index (κ2) is 6.86. The third kappa shape index (κ3) is 4.94. The molecule has 0 spiro atoms. The van der Waals surface area contributed by atoms with Crippen LogP contribution in [-0.4, -0.2) is 30.6 Å². The lowest BCUT2D eigenvalue weighted by molar-refractivity contribution is -0.119. The molecule has 4 heteroatoms. The topological polar surface area (TPSA) is 67.2 Å². The molecule has 0 aliphatic carbocycles. The van der Waals surface area contributed by atoms with E-state index in [0.717, 1.165) is 13.0 Å². The zero-order valence-corrected chi connectivity index (χ0v) is 10.5. The minimum Gasteiger partial charge on any atom is -0.368 e. The highest BCUT2D eigenvalue weighted by atomic mass is 16.1. The van der Waals surface area contributed by atoms with Crippen LogP contribution in [-0.2, 0) is 4.79 Å². The Morgan fingerprint density at radius 3 is 2.88 bits per heavy atom.